The van der Waals surface area contributed by atoms with E-state index in [-0.39, 0.29) is 0 Å². The van der Waals surface area contributed by atoms with Crippen LogP contribution in [0.4, 0.5) is 22.7 Å². The van der Waals surface area contributed by atoms with Crippen LogP contribution in [0, 0.1) is 0 Å². The van der Waals surface area contributed by atoms with Gasteiger partial charge in [-0.1, -0.05) is 42.5 Å². The molecule has 3 aromatic carbocycles. The second kappa shape index (κ2) is 9.60. The number of rotatable bonds is 8. The van der Waals surface area contributed by atoms with E-state index in [1.165, 1.54) is 28.7 Å². The van der Waals surface area contributed by atoms with Gasteiger partial charge in [0.05, 0.1) is 13.1 Å². The van der Waals surface area contributed by atoms with Gasteiger partial charge >= 0.3 is 0 Å². The summed E-state index contributed by atoms with van der Waals surface area (Å²) in [6.45, 7) is 2.48. The van der Waals surface area contributed by atoms with E-state index in [1.54, 1.807) is 6.34 Å². The van der Waals surface area contributed by atoms with Crippen LogP contribution in [0.15, 0.2) is 71.7 Å². The molecule has 0 bridgehead atoms. The quantitative estimate of drug-likeness (QED) is 0.229. The Kier molecular flexibility index (Phi) is 6.25. The van der Waals surface area contributed by atoms with Gasteiger partial charge in [0.25, 0.3) is 6.34 Å². The summed E-state index contributed by atoms with van der Waals surface area (Å²) in [5, 5.41) is 10.6. The van der Waals surface area contributed by atoms with Gasteiger partial charge in [0.15, 0.2) is 0 Å². The lowest BCUT2D eigenvalue weighted by atomic mass is 9.98. The molecule has 6 N–H and O–H groups in total. The second-order valence-corrected chi connectivity index (χ2v) is 7.08. The van der Waals surface area contributed by atoms with E-state index in [4.69, 9.17) is 5.73 Å². The molecule has 3 aromatic rings. The van der Waals surface area contributed by atoms with Crippen molar-refractivity contribution in [1.29, 1.82) is 0 Å². The van der Waals surface area contributed by atoms with Crippen LogP contribution in [-0.4, -0.2) is 32.3 Å². The molecule has 1 aliphatic rings. The zero-order chi connectivity index (χ0) is 20.6. The van der Waals surface area contributed by atoms with Crippen LogP contribution in [0.1, 0.15) is 5.56 Å². The summed E-state index contributed by atoms with van der Waals surface area (Å²) in [6.07, 6.45) is 3.94. The molecule has 0 saturated heterocycles. The van der Waals surface area contributed by atoms with Gasteiger partial charge < -0.3 is 21.7 Å². The maximum Gasteiger partial charge on any atom is 0.281 e. The van der Waals surface area contributed by atoms with Crippen molar-refractivity contribution in [2.75, 3.05) is 35.6 Å². The number of nitrogens with two attached hydrogens (primary N) is 1. The smallest absolute Gasteiger partial charge is 0.281 e. The number of anilines is 4. The topological polar surface area (TPSA) is 88.4 Å². The lowest BCUT2D eigenvalue weighted by Gasteiger charge is -2.17. The number of hydrogen-bond donors (Lipinski definition) is 5. The number of nitrogens with zero attached hydrogens (tertiary/aromatic N) is 1. The predicted octanol–water partition coefficient (Wildman–Crippen LogP) is 2.57. The number of aliphatic imine (C=N–C) groups is 1. The molecule has 1 aliphatic heterocycles. The van der Waals surface area contributed by atoms with Crippen molar-refractivity contribution >= 4 is 35.4 Å². The number of fused-ring (bicyclic) bond motifs is 1. The van der Waals surface area contributed by atoms with Crippen LogP contribution in [0.25, 0.3) is 11.1 Å². The van der Waals surface area contributed by atoms with E-state index in [2.05, 4.69) is 74.5 Å². The monoisotopic (exact) mass is 399 g/mol. The summed E-state index contributed by atoms with van der Waals surface area (Å²) in [6, 6.07) is 23.2. The average molecular weight is 400 g/mol. The second-order valence-electron chi connectivity index (χ2n) is 7.08. The van der Waals surface area contributed by atoms with Crippen LogP contribution in [0.3, 0.4) is 0 Å². The van der Waals surface area contributed by atoms with Crippen LogP contribution < -0.4 is 26.7 Å². The van der Waals surface area contributed by atoms with Crippen molar-refractivity contribution in [1.82, 2.24) is 0 Å². The van der Waals surface area contributed by atoms with Gasteiger partial charge in [-0.05, 0) is 41.2 Å². The molecule has 6 heteroatoms. The Morgan fingerprint density at radius 3 is 2.77 bits per heavy atom. The van der Waals surface area contributed by atoms with Crippen molar-refractivity contribution in [3.8, 4) is 11.1 Å². The molecule has 30 heavy (non-hydrogen) atoms. The summed E-state index contributed by atoms with van der Waals surface area (Å²) in [5.74, 6) is 0. The standard InChI is InChI=1S/C24H26N6/c25-16-27-17-26-13-14-28-23-15-20(30-19-6-2-1-3-7-19)9-10-21(23)22-8-4-5-18-11-12-29-24(18)22/h1-10,15-17,28-30H,11-14H2,(H2,25,26,27)/p+1. The largest absolute Gasteiger partial charge is 0.384 e. The SMILES string of the molecule is NC=NC=[NH+]CCNc1cc(Nc2ccccc2)ccc1-c1cccc2c1NCC2. The van der Waals surface area contributed by atoms with Crippen LogP contribution in [0.2, 0.25) is 0 Å². The van der Waals surface area contributed by atoms with Gasteiger partial charge in [-0.25, -0.2) is 0 Å². The zero-order valence-corrected chi connectivity index (χ0v) is 16.9. The number of nitrogens with one attached hydrogen (secondary N) is 4. The number of benzene rings is 3. The molecule has 1 heterocycles. The molecule has 4 rings (SSSR count). The summed E-state index contributed by atoms with van der Waals surface area (Å²) < 4.78 is 0. The number of para-hydroxylation sites is 2. The highest BCUT2D eigenvalue weighted by atomic mass is 14.9. The van der Waals surface area contributed by atoms with Gasteiger partial charge in [0.1, 0.15) is 0 Å². The predicted molar refractivity (Wildman–Crippen MR) is 127 cm³/mol. The van der Waals surface area contributed by atoms with E-state index < -0.39 is 0 Å². The molecule has 0 aromatic heterocycles. The van der Waals surface area contributed by atoms with Crippen molar-refractivity contribution in [3.63, 3.8) is 0 Å². The first-order valence-corrected chi connectivity index (χ1v) is 10.2. The van der Waals surface area contributed by atoms with E-state index >= 15 is 0 Å². The Bertz CT molecular complexity index is 1040. The maximum absolute atomic E-state index is 5.25. The Hall–Kier alpha value is -3.80. The van der Waals surface area contributed by atoms with Crippen molar-refractivity contribution < 1.29 is 4.99 Å². The normalized spacial score (nSPS) is 12.8. The van der Waals surface area contributed by atoms with Crippen LogP contribution in [0.5, 0.6) is 0 Å². The first-order chi connectivity index (χ1) is 14.8. The Morgan fingerprint density at radius 2 is 1.90 bits per heavy atom. The first-order valence-electron chi connectivity index (χ1n) is 10.2. The number of hydrogen-bond acceptors (Lipinski definition) is 3. The van der Waals surface area contributed by atoms with Gasteiger partial charge in [0, 0.05) is 40.4 Å². The molecule has 0 fully saturated rings. The van der Waals surface area contributed by atoms with E-state index in [0.29, 0.717) is 0 Å². The fraction of sp³-hybridized carbons (Fsp3) is 0.167. The third-order valence-electron chi connectivity index (χ3n) is 5.06. The van der Waals surface area contributed by atoms with Gasteiger partial charge in [-0.3, -0.25) is 4.99 Å². The highest BCUT2D eigenvalue weighted by Gasteiger charge is 2.17. The zero-order valence-electron chi connectivity index (χ0n) is 16.9. The minimum absolute atomic E-state index is 0.734. The summed E-state index contributed by atoms with van der Waals surface area (Å²) in [7, 11) is 0. The fourth-order valence-electron chi connectivity index (χ4n) is 3.68. The Balaban J connectivity index is 1.62. The Morgan fingerprint density at radius 1 is 1.00 bits per heavy atom. The maximum atomic E-state index is 5.25. The van der Waals surface area contributed by atoms with Crippen molar-refractivity contribution in [2.24, 2.45) is 10.7 Å². The molecule has 0 spiro atoms. The lowest BCUT2D eigenvalue weighted by molar-refractivity contribution is -0.448. The lowest BCUT2D eigenvalue weighted by Crippen LogP contribution is -2.70. The highest BCUT2D eigenvalue weighted by molar-refractivity contribution is 5.90. The molecule has 0 radical (unpaired) electrons. The molecule has 0 amide bonds. The molecule has 0 atom stereocenters. The Labute approximate surface area is 177 Å². The first kappa shape index (κ1) is 19.5. The van der Waals surface area contributed by atoms with Crippen molar-refractivity contribution in [2.45, 2.75) is 6.42 Å². The molecule has 152 valence electrons. The summed E-state index contributed by atoms with van der Waals surface area (Å²) >= 11 is 0. The van der Waals surface area contributed by atoms with E-state index in [0.717, 1.165) is 43.1 Å². The molecular weight excluding hydrogens is 372 g/mol. The van der Waals surface area contributed by atoms with Gasteiger partial charge in [0.2, 0.25) is 6.34 Å². The van der Waals surface area contributed by atoms with Crippen LogP contribution in [-0.2, 0) is 6.42 Å². The fourth-order valence-corrected chi connectivity index (χ4v) is 3.68. The summed E-state index contributed by atoms with van der Waals surface area (Å²) in [4.78, 5) is 6.97. The molecule has 0 unspecified atom stereocenters. The third-order valence-corrected chi connectivity index (χ3v) is 5.06. The highest BCUT2D eigenvalue weighted by Crippen LogP contribution is 2.39. The minimum Gasteiger partial charge on any atom is -0.384 e. The van der Waals surface area contributed by atoms with E-state index in [9.17, 15) is 0 Å². The molecule has 6 nitrogen and oxygen atoms in total. The average Bonchev–Trinajstić information content (AvgIpc) is 3.26. The molecule has 0 aliphatic carbocycles. The minimum atomic E-state index is 0.734. The van der Waals surface area contributed by atoms with Gasteiger partial charge in [-0.15, -0.1) is 0 Å². The molecular formula is C24H27N6+. The third kappa shape index (κ3) is 4.60. The van der Waals surface area contributed by atoms with E-state index in [1.807, 2.05) is 18.2 Å². The molecule has 0 saturated carbocycles. The van der Waals surface area contributed by atoms with Crippen LogP contribution >= 0.6 is 0 Å². The summed E-state index contributed by atoms with van der Waals surface area (Å²) in [5.41, 5.74) is 13.5. The van der Waals surface area contributed by atoms with Gasteiger partial charge in [-0.2, -0.15) is 0 Å². The van der Waals surface area contributed by atoms with Crippen molar-refractivity contribution in [3.05, 3.63) is 72.3 Å².